The lowest BCUT2D eigenvalue weighted by Gasteiger charge is -2.48. The van der Waals surface area contributed by atoms with Crippen molar-refractivity contribution in [2.24, 2.45) is 5.92 Å². The number of aromatic amines is 1. The van der Waals surface area contributed by atoms with E-state index in [1.165, 1.54) is 18.5 Å². The molecule has 10 rings (SSSR count). The molecule has 8 heterocycles. The number of hydrogen-bond acceptors (Lipinski definition) is 16. The smallest absolute Gasteiger partial charge is 0.410 e. The Morgan fingerprint density at radius 1 is 0.839 bits per heavy atom. The van der Waals surface area contributed by atoms with Crippen molar-refractivity contribution < 1.29 is 36.7 Å². The van der Waals surface area contributed by atoms with E-state index in [1.807, 2.05) is 75.7 Å². The van der Waals surface area contributed by atoms with Gasteiger partial charge in [-0.3, -0.25) is 29.5 Å². The zero-order chi connectivity index (χ0) is 62.3. The van der Waals surface area contributed by atoms with Crippen molar-refractivity contribution >= 4 is 61.8 Å². The van der Waals surface area contributed by atoms with Gasteiger partial charge in [0.2, 0.25) is 5.91 Å². The zero-order valence-corrected chi connectivity index (χ0v) is 53.4. The van der Waals surface area contributed by atoms with Gasteiger partial charge in [-0.25, -0.2) is 32.6 Å². The fourth-order valence-electron chi connectivity index (χ4n) is 12.4. The van der Waals surface area contributed by atoms with Crippen LogP contribution in [0.3, 0.4) is 0 Å². The van der Waals surface area contributed by atoms with Gasteiger partial charge in [-0.2, -0.15) is 5.10 Å². The summed E-state index contributed by atoms with van der Waals surface area (Å²) < 4.78 is 53.0. The Hall–Kier alpha value is -7.30. The summed E-state index contributed by atoms with van der Waals surface area (Å²) in [4.78, 5) is 73.7. The van der Waals surface area contributed by atoms with E-state index in [-0.39, 0.29) is 64.5 Å². The van der Waals surface area contributed by atoms with Gasteiger partial charge in [-0.15, -0.1) is 0 Å². The molecule has 0 spiro atoms. The molecular weight excluding hydrogens is 1130 g/mol. The molecule has 0 saturated carbocycles. The van der Waals surface area contributed by atoms with Crippen LogP contribution in [0.15, 0.2) is 78.2 Å². The molecule has 4 aliphatic rings. The van der Waals surface area contributed by atoms with E-state index in [0.29, 0.717) is 92.9 Å². The highest BCUT2D eigenvalue weighted by atomic mass is 32.2. The molecule has 20 nitrogen and oxygen atoms in total. The molecule has 87 heavy (non-hydrogen) atoms. The number of ether oxygens (including phenoxy) is 2. The first-order chi connectivity index (χ1) is 41.1. The van der Waals surface area contributed by atoms with Gasteiger partial charge in [0.15, 0.2) is 9.84 Å². The number of anilines is 4. The van der Waals surface area contributed by atoms with E-state index < -0.39 is 20.2 Å². The van der Waals surface area contributed by atoms with E-state index in [2.05, 4.69) is 61.0 Å². The Morgan fingerprint density at radius 3 is 2.25 bits per heavy atom. The summed E-state index contributed by atoms with van der Waals surface area (Å²) in [6.45, 7) is 28.5. The van der Waals surface area contributed by atoms with Crippen molar-refractivity contribution in [1.29, 1.82) is 0 Å². The Morgan fingerprint density at radius 2 is 1.59 bits per heavy atom. The second-order valence-electron chi connectivity index (χ2n) is 27.0. The highest BCUT2D eigenvalue weighted by Gasteiger charge is 2.44. The number of halogens is 1. The standard InChI is InChI=1S/C65H86FN13O7S/c1-41-34-76(26-25-75(41)36-50-37-78(62(82)86-63(5,6)7)42(2)35-77(50)38-57(80)79-39-65(11,12)58-53(79)29-47(32-68-58)28-46-15-18-49(66)19-16-46)61(81)48-17-20-56(67-33-48)74-23-21-45(22-24-74)14-13-27-85-54-31-52-51(30-55(54)87(83,84)64(8,9)10)60(70-40-69-52)71-59-43(3)44(4)72-73-59/h15-20,29-33,40-42,45,50H,13-14,21-28,34-39H2,1-12H3,(H2,69,70,71,72,73)/t41?,42-,50+/m1/s1. The average Bonchev–Trinajstić information content (AvgIpc) is 1.91. The minimum absolute atomic E-state index is 0.0126. The lowest BCUT2D eigenvalue weighted by molar-refractivity contribution is -0.121. The van der Waals surface area contributed by atoms with Crippen molar-refractivity contribution in [3.63, 3.8) is 0 Å². The first-order valence-corrected chi connectivity index (χ1v) is 32.1. The van der Waals surface area contributed by atoms with Crippen molar-refractivity contribution in [2.45, 2.75) is 154 Å². The van der Waals surface area contributed by atoms with Gasteiger partial charge in [0, 0.05) is 112 Å². The molecule has 466 valence electrons. The van der Waals surface area contributed by atoms with E-state index in [0.717, 1.165) is 78.4 Å². The summed E-state index contributed by atoms with van der Waals surface area (Å²) in [5.41, 5.74) is 5.36. The van der Waals surface area contributed by atoms with Crippen LogP contribution < -0.4 is 19.9 Å². The summed E-state index contributed by atoms with van der Waals surface area (Å²) >= 11 is 0. The van der Waals surface area contributed by atoms with Crippen LogP contribution in [-0.4, -0.2) is 177 Å². The number of carbonyl (C=O) groups is 3. The van der Waals surface area contributed by atoms with E-state index in [9.17, 15) is 27.2 Å². The Kier molecular flexibility index (Phi) is 18.1. The van der Waals surface area contributed by atoms with Crippen molar-refractivity contribution in [3.05, 3.63) is 113 Å². The molecule has 0 bridgehead atoms. The van der Waals surface area contributed by atoms with Gasteiger partial charge in [-0.1, -0.05) is 26.0 Å². The molecular formula is C65H86FN13O7S. The maximum absolute atomic E-state index is 14.7. The molecule has 1 unspecified atom stereocenters. The monoisotopic (exact) mass is 1210 g/mol. The topological polar surface area (TPSA) is 216 Å². The third kappa shape index (κ3) is 14.0. The SMILES string of the molecule is Cc1n[nH]c(Nc2ncnc3cc(OCCCC4CCN(c5ccc(C(=O)N6CCN(C[C@H]7CN(C(=O)OC(C)(C)C)[C@H](C)CN7CC(=O)N7CC(C)(C)c8ncc(Cc9ccc(F)cc9)cc87)C(C)C6)cn5)CC4)c(S(=O)(=O)C(C)(C)C)cc23)c1C. The van der Waals surface area contributed by atoms with Crippen LogP contribution in [0.1, 0.15) is 133 Å². The van der Waals surface area contributed by atoms with Gasteiger partial charge in [0.25, 0.3) is 5.91 Å². The number of hydrogen-bond donors (Lipinski definition) is 2. The summed E-state index contributed by atoms with van der Waals surface area (Å²) in [7, 11) is -3.83. The number of fused-ring (bicyclic) bond motifs is 2. The molecule has 4 aromatic heterocycles. The van der Waals surface area contributed by atoms with Gasteiger partial charge in [0.05, 0.1) is 46.1 Å². The number of pyridine rings is 2. The number of benzene rings is 2. The quantitative estimate of drug-likeness (QED) is 0.0863. The first-order valence-electron chi connectivity index (χ1n) is 30.6. The van der Waals surface area contributed by atoms with E-state index >= 15 is 0 Å². The highest BCUT2D eigenvalue weighted by Crippen LogP contribution is 2.41. The molecule has 6 aromatic rings. The van der Waals surface area contributed by atoms with Crippen LogP contribution >= 0.6 is 0 Å². The number of nitrogens with zero attached hydrogens (tertiary/aromatic N) is 11. The highest BCUT2D eigenvalue weighted by molar-refractivity contribution is 7.92. The molecule has 3 amide bonds. The maximum Gasteiger partial charge on any atom is 0.410 e. The van der Waals surface area contributed by atoms with Crippen LogP contribution in [0.25, 0.3) is 10.9 Å². The van der Waals surface area contributed by atoms with Gasteiger partial charge >= 0.3 is 6.09 Å². The molecule has 3 fully saturated rings. The van der Waals surface area contributed by atoms with Crippen LogP contribution in [-0.2, 0) is 31.2 Å². The molecule has 3 atom stereocenters. The third-order valence-electron chi connectivity index (χ3n) is 17.7. The number of rotatable bonds is 16. The predicted octanol–water partition coefficient (Wildman–Crippen LogP) is 9.66. The van der Waals surface area contributed by atoms with Crippen molar-refractivity contribution in [3.8, 4) is 5.75 Å². The number of H-pyrrole nitrogens is 1. The molecule has 2 aromatic carbocycles. The third-order valence-corrected chi connectivity index (χ3v) is 20.2. The average molecular weight is 1210 g/mol. The summed E-state index contributed by atoms with van der Waals surface area (Å²) in [6.07, 6.45) is 8.76. The van der Waals surface area contributed by atoms with Gasteiger partial charge in [-0.05, 0) is 155 Å². The minimum atomic E-state index is -3.83. The number of aryl methyl sites for hydroxylation is 1. The summed E-state index contributed by atoms with van der Waals surface area (Å²) in [5, 5.41) is 11.1. The molecule has 2 N–H and O–H groups in total. The second kappa shape index (κ2) is 25.1. The van der Waals surface area contributed by atoms with Gasteiger partial charge < -0.3 is 34.4 Å². The second-order valence-corrected chi connectivity index (χ2v) is 29.6. The predicted molar refractivity (Wildman–Crippen MR) is 335 cm³/mol. The number of carbonyl (C=O) groups excluding carboxylic acids is 3. The molecule has 22 heteroatoms. The largest absolute Gasteiger partial charge is 0.492 e. The number of piperazine rings is 2. The fourth-order valence-corrected chi connectivity index (χ4v) is 13.7. The molecule has 3 saturated heterocycles. The van der Waals surface area contributed by atoms with E-state index in [1.54, 1.807) is 56.1 Å². The number of aromatic nitrogens is 6. The van der Waals surface area contributed by atoms with Crippen LogP contribution in [0, 0.1) is 25.6 Å². The zero-order valence-electron chi connectivity index (χ0n) is 52.6. The normalized spacial score (nSPS) is 19.8. The van der Waals surface area contributed by atoms with E-state index in [4.69, 9.17) is 19.4 Å². The Labute approximate surface area is 511 Å². The molecule has 0 aliphatic carbocycles. The maximum atomic E-state index is 14.7. The Balaban J connectivity index is 0.728. The number of sulfone groups is 1. The lowest BCUT2D eigenvalue weighted by Crippen LogP contribution is -2.65. The van der Waals surface area contributed by atoms with Crippen LogP contribution in [0.5, 0.6) is 5.75 Å². The van der Waals surface area contributed by atoms with Crippen molar-refractivity contribution in [1.82, 2.24) is 49.7 Å². The molecule has 4 aliphatic heterocycles. The van der Waals surface area contributed by atoms with Crippen molar-refractivity contribution in [2.75, 3.05) is 87.2 Å². The Bertz CT molecular complexity index is 3600. The summed E-state index contributed by atoms with van der Waals surface area (Å²) in [5.74, 6) is 2.29. The van der Waals surface area contributed by atoms with Crippen LogP contribution in [0.2, 0.25) is 0 Å². The summed E-state index contributed by atoms with van der Waals surface area (Å²) in [6, 6.07) is 15.2. The number of nitrogens with one attached hydrogen (secondary N) is 2. The lowest BCUT2D eigenvalue weighted by atomic mass is 9.91. The number of piperidine rings is 1. The fraction of sp³-hybridized carbons (Fsp3) is 0.538. The van der Waals surface area contributed by atoms with Crippen LogP contribution in [0.4, 0.5) is 32.3 Å². The molecule has 0 radical (unpaired) electrons. The van der Waals surface area contributed by atoms with Gasteiger partial charge in [0.1, 0.15) is 45.8 Å². The first kappa shape index (κ1) is 62.7. The number of amides is 3. The minimum Gasteiger partial charge on any atom is -0.492 e.